The van der Waals surface area contributed by atoms with E-state index in [9.17, 15) is 9.50 Å². The predicted molar refractivity (Wildman–Crippen MR) is 83.6 cm³/mol. The van der Waals surface area contributed by atoms with Gasteiger partial charge in [-0.05, 0) is 30.2 Å². The van der Waals surface area contributed by atoms with Crippen LogP contribution in [0.25, 0.3) is 0 Å². The highest BCUT2D eigenvalue weighted by atomic mass is 19.1. The quantitative estimate of drug-likeness (QED) is 0.859. The Hall–Kier alpha value is -1.91. The summed E-state index contributed by atoms with van der Waals surface area (Å²) in [6.07, 6.45) is 0. The van der Waals surface area contributed by atoms with Crippen molar-refractivity contribution in [3.05, 3.63) is 65.5 Å². The Morgan fingerprint density at radius 2 is 1.90 bits per heavy atom. The molecule has 0 heterocycles. The smallest absolute Gasteiger partial charge is 0.146 e. The molecule has 0 spiro atoms. The molecule has 0 bridgehead atoms. The number of rotatable bonds is 6. The van der Waals surface area contributed by atoms with E-state index in [2.05, 4.69) is 0 Å². The molecule has 21 heavy (non-hydrogen) atoms. The van der Waals surface area contributed by atoms with E-state index in [4.69, 9.17) is 5.73 Å². The van der Waals surface area contributed by atoms with Crippen molar-refractivity contribution in [2.45, 2.75) is 19.5 Å². The van der Waals surface area contributed by atoms with Crippen molar-refractivity contribution in [3.8, 4) is 0 Å². The van der Waals surface area contributed by atoms with Crippen LogP contribution in [0.2, 0.25) is 0 Å². The molecule has 2 aromatic rings. The summed E-state index contributed by atoms with van der Waals surface area (Å²) in [5, 5.41) is 9.23. The van der Waals surface area contributed by atoms with Crippen molar-refractivity contribution in [2.24, 2.45) is 5.73 Å². The normalized spacial score (nSPS) is 12.2. The Bertz CT molecular complexity index is 572. The summed E-state index contributed by atoms with van der Waals surface area (Å²) < 4.78 is 14.3. The molecule has 0 unspecified atom stereocenters. The molecule has 0 saturated heterocycles. The molecule has 1 atom stereocenters. The lowest BCUT2D eigenvalue weighted by Crippen LogP contribution is -2.27. The van der Waals surface area contributed by atoms with E-state index in [0.29, 0.717) is 18.8 Å². The molecule has 0 radical (unpaired) electrons. The standard InChI is InChI=1S/C17H21FN2O/c1-13(19)15-7-8-17(16(18)11-15)20(9-10-21)12-14-5-3-2-4-6-14/h2-8,11,13,21H,9-10,12,19H2,1H3/t13-/m1/s1. The van der Waals surface area contributed by atoms with E-state index < -0.39 is 0 Å². The number of halogens is 1. The summed E-state index contributed by atoms with van der Waals surface area (Å²) in [6, 6.07) is 14.6. The van der Waals surface area contributed by atoms with Crippen molar-refractivity contribution in [1.29, 1.82) is 0 Å². The van der Waals surface area contributed by atoms with Crippen LogP contribution < -0.4 is 10.6 Å². The van der Waals surface area contributed by atoms with Gasteiger partial charge in [-0.1, -0.05) is 36.4 Å². The van der Waals surface area contributed by atoms with Gasteiger partial charge in [-0.3, -0.25) is 0 Å². The van der Waals surface area contributed by atoms with Gasteiger partial charge in [0.05, 0.1) is 12.3 Å². The number of aliphatic hydroxyl groups excluding tert-OH is 1. The maximum Gasteiger partial charge on any atom is 0.146 e. The zero-order valence-corrected chi connectivity index (χ0v) is 12.2. The highest BCUT2D eigenvalue weighted by molar-refractivity contribution is 5.50. The van der Waals surface area contributed by atoms with Crippen molar-refractivity contribution in [2.75, 3.05) is 18.1 Å². The average Bonchev–Trinajstić information content (AvgIpc) is 2.48. The van der Waals surface area contributed by atoms with Crippen LogP contribution >= 0.6 is 0 Å². The SMILES string of the molecule is C[C@@H](N)c1ccc(N(CCO)Cc2ccccc2)c(F)c1. The third-order valence-corrected chi connectivity index (χ3v) is 3.42. The lowest BCUT2D eigenvalue weighted by molar-refractivity contribution is 0.301. The van der Waals surface area contributed by atoms with Gasteiger partial charge in [-0.2, -0.15) is 0 Å². The van der Waals surface area contributed by atoms with Gasteiger partial charge in [-0.15, -0.1) is 0 Å². The summed E-state index contributed by atoms with van der Waals surface area (Å²) in [5.41, 5.74) is 8.09. The maximum absolute atomic E-state index is 14.3. The number of anilines is 1. The predicted octanol–water partition coefficient (Wildman–Crippen LogP) is 2.84. The Morgan fingerprint density at radius 1 is 1.19 bits per heavy atom. The number of hydrogen-bond acceptors (Lipinski definition) is 3. The molecule has 112 valence electrons. The molecule has 0 aliphatic rings. The van der Waals surface area contributed by atoms with Crippen LogP contribution in [-0.4, -0.2) is 18.3 Å². The minimum absolute atomic E-state index is 0.0265. The fourth-order valence-corrected chi connectivity index (χ4v) is 2.27. The second-order valence-corrected chi connectivity index (χ2v) is 5.13. The van der Waals surface area contributed by atoms with Crippen molar-refractivity contribution in [3.63, 3.8) is 0 Å². The summed E-state index contributed by atoms with van der Waals surface area (Å²) in [6.45, 7) is 2.73. The largest absolute Gasteiger partial charge is 0.395 e. The topological polar surface area (TPSA) is 49.5 Å². The van der Waals surface area contributed by atoms with Crippen LogP contribution in [0.5, 0.6) is 0 Å². The van der Waals surface area contributed by atoms with E-state index in [1.54, 1.807) is 6.07 Å². The summed E-state index contributed by atoms with van der Waals surface area (Å²) in [4.78, 5) is 1.83. The fourth-order valence-electron chi connectivity index (χ4n) is 2.27. The van der Waals surface area contributed by atoms with E-state index in [0.717, 1.165) is 11.1 Å². The van der Waals surface area contributed by atoms with Crippen molar-refractivity contribution in [1.82, 2.24) is 0 Å². The van der Waals surface area contributed by atoms with Crippen molar-refractivity contribution >= 4 is 5.69 Å². The van der Waals surface area contributed by atoms with E-state index in [1.165, 1.54) is 6.07 Å². The van der Waals surface area contributed by atoms with Gasteiger partial charge in [-0.25, -0.2) is 4.39 Å². The molecule has 3 nitrogen and oxygen atoms in total. The molecule has 0 aliphatic heterocycles. The maximum atomic E-state index is 14.3. The fraction of sp³-hybridized carbons (Fsp3) is 0.294. The number of nitrogens with zero attached hydrogens (tertiary/aromatic N) is 1. The number of hydrogen-bond donors (Lipinski definition) is 2. The molecule has 0 aliphatic carbocycles. The Labute approximate surface area is 124 Å². The lowest BCUT2D eigenvalue weighted by atomic mass is 10.1. The Balaban J connectivity index is 2.25. The zero-order valence-electron chi connectivity index (χ0n) is 12.2. The van der Waals surface area contributed by atoms with Gasteiger partial charge in [0.25, 0.3) is 0 Å². The first-order valence-electron chi connectivity index (χ1n) is 7.06. The van der Waals surface area contributed by atoms with Crippen LogP contribution in [-0.2, 0) is 6.54 Å². The van der Waals surface area contributed by atoms with Crippen molar-refractivity contribution < 1.29 is 9.50 Å². The molecule has 0 aromatic heterocycles. The Kier molecular flexibility index (Phi) is 5.31. The summed E-state index contributed by atoms with van der Waals surface area (Å²) >= 11 is 0. The van der Waals surface area contributed by atoms with Gasteiger partial charge in [0.1, 0.15) is 5.82 Å². The molecule has 2 rings (SSSR count). The van der Waals surface area contributed by atoms with Crippen LogP contribution in [0.3, 0.4) is 0 Å². The van der Waals surface area contributed by atoms with Crippen LogP contribution in [0, 0.1) is 5.82 Å². The highest BCUT2D eigenvalue weighted by Crippen LogP contribution is 2.24. The van der Waals surface area contributed by atoms with Gasteiger partial charge in [0.15, 0.2) is 0 Å². The number of nitrogens with two attached hydrogens (primary N) is 1. The lowest BCUT2D eigenvalue weighted by Gasteiger charge is -2.25. The second-order valence-electron chi connectivity index (χ2n) is 5.13. The minimum atomic E-state index is -0.311. The molecule has 4 heteroatoms. The molecule has 2 aromatic carbocycles. The number of aliphatic hydroxyl groups is 1. The Morgan fingerprint density at radius 3 is 2.48 bits per heavy atom. The van der Waals surface area contributed by atoms with Crippen LogP contribution in [0.15, 0.2) is 48.5 Å². The summed E-state index contributed by atoms with van der Waals surface area (Å²) in [7, 11) is 0. The zero-order chi connectivity index (χ0) is 15.2. The van der Waals surface area contributed by atoms with Crippen LogP contribution in [0.4, 0.5) is 10.1 Å². The van der Waals surface area contributed by atoms with E-state index in [-0.39, 0.29) is 18.5 Å². The third-order valence-electron chi connectivity index (χ3n) is 3.42. The third kappa shape index (κ3) is 4.03. The first-order chi connectivity index (χ1) is 10.1. The molecule has 0 amide bonds. The van der Waals surface area contributed by atoms with Gasteiger partial charge < -0.3 is 15.7 Å². The van der Waals surface area contributed by atoms with Crippen LogP contribution in [0.1, 0.15) is 24.1 Å². The molecule has 3 N–H and O–H groups in total. The molecular weight excluding hydrogens is 267 g/mol. The van der Waals surface area contributed by atoms with E-state index in [1.807, 2.05) is 48.2 Å². The second kappa shape index (κ2) is 7.20. The number of benzene rings is 2. The van der Waals surface area contributed by atoms with E-state index >= 15 is 0 Å². The first kappa shape index (κ1) is 15.5. The van der Waals surface area contributed by atoms with Gasteiger partial charge in [0, 0.05) is 19.1 Å². The van der Waals surface area contributed by atoms with Gasteiger partial charge >= 0.3 is 0 Å². The molecular formula is C17H21FN2O. The molecule has 0 saturated carbocycles. The first-order valence-corrected chi connectivity index (χ1v) is 7.06. The summed E-state index contributed by atoms with van der Waals surface area (Å²) in [5.74, 6) is -0.311. The average molecular weight is 288 g/mol. The highest BCUT2D eigenvalue weighted by Gasteiger charge is 2.13. The van der Waals surface area contributed by atoms with Gasteiger partial charge in [0.2, 0.25) is 0 Å². The minimum Gasteiger partial charge on any atom is -0.395 e. The molecule has 0 fully saturated rings. The monoisotopic (exact) mass is 288 g/mol.